The predicted molar refractivity (Wildman–Crippen MR) is 82.9 cm³/mol. The number of piperidine rings is 1. The largest absolute Gasteiger partial charge is 0.507 e. The van der Waals surface area contributed by atoms with Crippen molar-refractivity contribution in [1.82, 2.24) is 4.90 Å². The molecule has 1 aliphatic rings. The van der Waals surface area contributed by atoms with Gasteiger partial charge in [0.05, 0.1) is 0 Å². The topological polar surface area (TPSA) is 66.8 Å². The van der Waals surface area contributed by atoms with E-state index in [2.05, 4.69) is 13.8 Å². The van der Waals surface area contributed by atoms with E-state index in [1.54, 1.807) is 4.90 Å². The minimum atomic E-state index is -0.758. The van der Waals surface area contributed by atoms with Gasteiger partial charge in [-0.05, 0) is 36.5 Å². The lowest BCUT2D eigenvalue weighted by molar-refractivity contribution is -0.137. The van der Waals surface area contributed by atoms with Gasteiger partial charge in [-0.15, -0.1) is 0 Å². The van der Waals surface area contributed by atoms with Crippen LogP contribution in [0.5, 0.6) is 5.75 Å². The van der Waals surface area contributed by atoms with Gasteiger partial charge in [-0.1, -0.05) is 25.4 Å². The van der Waals surface area contributed by atoms with Gasteiger partial charge in [0.15, 0.2) is 6.61 Å². The Morgan fingerprint density at radius 1 is 1.32 bits per heavy atom. The molecule has 1 N–H and O–H groups in total. The molecule has 1 fully saturated rings. The lowest BCUT2D eigenvalue weighted by atomic mass is 9.92. The van der Waals surface area contributed by atoms with E-state index in [9.17, 15) is 14.7 Å². The molecular formula is C16H20ClNO4. The molecule has 0 bridgehead atoms. The van der Waals surface area contributed by atoms with E-state index in [0.29, 0.717) is 29.9 Å². The summed E-state index contributed by atoms with van der Waals surface area (Å²) in [7, 11) is 0. The Balaban J connectivity index is 1.93. The van der Waals surface area contributed by atoms with Crippen molar-refractivity contribution in [2.75, 3.05) is 19.7 Å². The number of hydrogen-bond acceptors (Lipinski definition) is 4. The van der Waals surface area contributed by atoms with Crippen LogP contribution in [0.15, 0.2) is 18.2 Å². The summed E-state index contributed by atoms with van der Waals surface area (Å²) in [6, 6.07) is 4.10. The summed E-state index contributed by atoms with van der Waals surface area (Å²) in [5, 5.41) is 9.95. The van der Waals surface area contributed by atoms with Crippen LogP contribution in [0, 0.1) is 11.8 Å². The maximum atomic E-state index is 12.1. The van der Waals surface area contributed by atoms with E-state index in [0.717, 1.165) is 6.42 Å². The molecule has 2 rings (SSSR count). The zero-order valence-electron chi connectivity index (χ0n) is 12.7. The summed E-state index contributed by atoms with van der Waals surface area (Å²) in [4.78, 5) is 25.8. The maximum Gasteiger partial charge on any atom is 0.342 e. The lowest BCUT2D eigenvalue weighted by Crippen LogP contribution is -2.44. The number of ether oxygens (including phenoxy) is 1. The molecule has 2 atom stereocenters. The highest BCUT2D eigenvalue weighted by molar-refractivity contribution is 6.31. The second kappa shape index (κ2) is 7.01. The van der Waals surface area contributed by atoms with Gasteiger partial charge in [0.1, 0.15) is 11.3 Å². The number of carbonyl (C=O) groups excluding carboxylic acids is 2. The summed E-state index contributed by atoms with van der Waals surface area (Å²) in [6.07, 6.45) is 1.10. The van der Waals surface area contributed by atoms with Crippen molar-refractivity contribution >= 4 is 23.5 Å². The van der Waals surface area contributed by atoms with Crippen LogP contribution in [-0.4, -0.2) is 41.6 Å². The van der Waals surface area contributed by atoms with Crippen LogP contribution in [0.1, 0.15) is 30.6 Å². The fraction of sp³-hybridized carbons (Fsp3) is 0.500. The molecule has 22 heavy (non-hydrogen) atoms. The normalized spacial score (nSPS) is 21.5. The average molecular weight is 326 g/mol. The number of phenols is 1. The van der Waals surface area contributed by atoms with E-state index in [1.807, 2.05) is 0 Å². The molecule has 5 nitrogen and oxygen atoms in total. The summed E-state index contributed by atoms with van der Waals surface area (Å²) < 4.78 is 5.00. The molecule has 0 aliphatic carbocycles. The van der Waals surface area contributed by atoms with E-state index < -0.39 is 5.97 Å². The van der Waals surface area contributed by atoms with Crippen LogP contribution < -0.4 is 0 Å². The van der Waals surface area contributed by atoms with Crippen molar-refractivity contribution in [1.29, 1.82) is 0 Å². The Kier molecular flexibility index (Phi) is 5.29. The zero-order chi connectivity index (χ0) is 16.3. The fourth-order valence-electron chi connectivity index (χ4n) is 2.83. The summed E-state index contributed by atoms with van der Waals surface area (Å²) in [6.45, 7) is 5.24. The molecule has 1 aromatic rings. The van der Waals surface area contributed by atoms with Crippen molar-refractivity contribution < 1.29 is 19.4 Å². The van der Waals surface area contributed by atoms with E-state index in [-0.39, 0.29) is 23.8 Å². The summed E-state index contributed by atoms with van der Waals surface area (Å²) >= 11 is 5.78. The predicted octanol–water partition coefficient (Wildman–Crippen LogP) is 2.71. The minimum absolute atomic E-state index is 0.0410. The summed E-state index contributed by atoms with van der Waals surface area (Å²) in [5.74, 6) is -0.303. The van der Waals surface area contributed by atoms with Gasteiger partial charge >= 0.3 is 5.97 Å². The van der Waals surface area contributed by atoms with Gasteiger partial charge in [0, 0.05) is 18.1 Å². The average Bonchev–Trinajstić information content (AvgIpc) is 2.45. The van der Waals surface area contributed by atoms with Crippen molar-refractivity contribution in [2.24, 2.45) is 11.8 Å². The van der Waals surface area contributed by atoms with Crippen LogP contribution >= 0.6 is 11.6 Å². The van der Waals surface area contributed by atoms with Crippen LogP contribution in [-0.2, 0) is 9.53 Å². The monoisotopic (exact) mass is 325 g/mol. The number of phenolic OH excluding ortho intramolecular Hbond substituents is 1. The highest BCUT2D eigenvalue weighted by Crippen LogP contribution is 2.23. The number of esters is 1. The first-order valence-corrected chi connectivity index (χ1v) is 7.68. The standard InChI is InChI=1S/C16H20ClNO4/c1-10-5-11(2)8-18(7-10)15(20)9-22-16(21)13-6-12(17)3-4-14(13)19/h3-4,6,10-11,19H,5,7-9H2,1-2H3. The minimum Gasteiger partial charge on any atom is -0.507 e. The molecule has 2 unspecified atom stereocenters. The van der Waals surface area contributed by atoms with E-state index >= 15 is 0 Å². The number of hydrogen-bond donors (Lipinski definition) is 1. The van der Waals surface area contributed by atoms with Crippen LogP contribution in [0.3, 0.4) is 0 Å². The van der Waals surface area contributed by atoms with Gasteiger partial charge in [-0.2, -0.15) is 0 Å². The molecule has 0 saturated carbocycles. The van der Waals surface area contributed by atoms with Crippen molar-refractivity contribution in [3.05, 3.63) is 28.8 Å². The second-order valence-corrected chi connectivity index (χ2v) is 6.42. The molecule has 0 spiro atoms. The first kappa shape index (κ1) is 16.6. The van der Waals surface area contributed by atoms with Crippen LogP contribution in [0.25, 0.3) is 0 Å². The maximum absolute atomic E-state index is 12.1. The van der Waals surface area contributed by atoms with E-state index in [1.165, 1.54) is 18.2 Å². The molecule has 120 valence electrons. The molecule has 1 amide bonds. The highest BCUT2D eigenvalue weighted by Gasteiger charge is 2.26. The molecule has 1 saturated heterocycles. The third-order valence-corrected chi connectivity index (χ3v) is 3.96. The number of nitrogens with zero attached hydrogens (tertiary/aromatic N) is 1. The number of likely N-dealkylation sites (tertiary alicyclic amines) is 1. The molecule has 1 aliphatic heterocycles. The smallest absolute Gasteiger partial charge is 0.342 e. The highest BCUT2D eigenvalue weighted by atomic mass is 35.5. The molecule has 0 aromatic heterocycles. The van der Waals surface area contributed by atoms with Crippen molar-refractivity contribution in [2.45, 2.75) is 20.3 Å². The molecule has 0 radical (unpaired) electrons. The Hall–Kier alpha value is -1.75. The SMILES string of the molecule is CC1CC(C)CN(C(=O)COC(=O)c2cc(Cl)ccc2O)C1. The third kappa shape index (κ3) is 4.13. The Bertz CT molecular complexity index is 565. The summed E-state index contributed by atoms with van der Waals surface area (Å²) in [5.41, 5.74) is -0.0410. The Labute approximate surface area is 134 Å². The van der Waals surface area contributed by atoms with Gasteiger partial charge in [-0.25, -0.2) is 4.79 Å². The molecule has 1 aromatic carbocycles. The second-order valence-electron chi connectivity index (χ2n) is 5.98. The third-order valence-electron chi connectivity index (χ3n) is 3.73. The number of carbonyl (C=O) groups is 2. The number of amides is 1. The molecular weight excluding hydrogens is 306 g/mol. The van der Waals surface area contributed by atoms with Crippen molar-refractivity contribution in [3.63, 3.8) is 0 Å². The fourth-order valence-corrected chi connectivity index (χ4v) is 3.01. The van der Waals surface area contributed by atoms with E-state index in [4.69, 9.17) is 16.3 Å². The first-order chi connectivity index (χ1) is 10.4. The quantitative estimate of drug-likeness (QED) is 0.868. The molecule has 1 heterocycles. The van der Waals surface area contributed by atoms with Gasteiger partial charge in [-0.3, -0.25) is 4.79 Å². The number of rotatable bonds is 3. The van der Waals surface area contributed by atoms with Gasteiger partial charge < -0.3 is 14.7 Å². The van der Waals surface area contributed by atoms with Crippen molar-refractivity contribution in [3.8, 4) is 5.75 Å². The number of benzene rings is 1. The zero-order valence-corrected chi connectivity index (χ0v) is 13.5. The Morgan fingerprint density at radius 2 is 1.95 bits per heavy atom. The van der Waals surface area contributed by atoms with Gasteiger partial charge in [0.25, 0.3) is 5.91 Å². The lowest BCUT2D eigenvalue weighted by Gasteiger charge is -2.34. The molecule has 6 heteroatoms. The number of halogens is 1. The number of aromatic hydroxyl groups is 1. The van der Waals surface area contributed by atoms with Crippen LogP contribution in [0.4, 0.5) is 0 Å². The van der Waals surface area contributed by atoms with Gasteiger partial charge in [0.2, 0.25) is 0 Å². The first-order valence-electron chi connectivity index (χ1n) is 7.30. The van der Waals surface area contributed by atoms with Crippen LogP contribution in [0.2, 0.25) is 5.02 Å². The Morgan fingerprint density at radius 3 is 2.59 bits per heavy atom.